The molecule has 23 heavy (non-hydrogen) atoms. The molecule has 0 amide bonds. The Labute approximate surface area is 137 Å². The molecule has 0 spiro atoms. The summed E-state index contributed by atoms with van der Waals surface area (Å²) >= 11 is 0. The molecular weight excluding hydrogens is 290 g/mol. The van der Waals surface area contributed by atoms with Crippen molar-refractivity contribution in [3.05, 3.63) is 46.8 Å². The maximum atomic E-state index is 5.24. The van der Waals surface area contributed by atoms with Gasteiger partial charge in [0.25, 0.3) is 0 Å². The van der Waals surface area contributed by atoms with Crippen LogP contribution in [0.2, 0.25) is 0 Å². The Balaban J connectivity index is 1.93. The number of guanidine groups is 1. The highest BCUT2D eigenvalue weighted by atomic mass is 16.5. The van der Waals surface area contributed by atoms with Gasteiger partial charge in [-0.25, -0.2) is 0 Å². The minimum atomic E-state index is 0.682. The van der Waals surface area contributed by atoms with E-state index in [0.717, 1.165) is 23.0 Å². The van der Waals surface area contributed by atoms with Crippen molar-refractivity contribution in [3.8, 4) is 5.75 Å². The minimum Gasteiger partial charge on any atom is -0.497 e. The Hall–Kier alpha value is -2.50. The van der Waals surface area contributed by atoms with Crippen LogP contribution in [0.4, 0.5) is 0 Å². The molecule has 1 aromatic heterocycles. The smallest absolute Gasteiger partial charge is 0.191 e. The maximum Gasteiger partial charge on any atom is 0.191 e. The molecule has 0 aliphatic heterocycles. The van der Waals surface area contributed by atoms with Crippen molar-refractivity contribution in [1.82, 2.24) is 20.4 Å². The Morgan fingerprint density at radius 2 is 2.00 bits per heavy atom. The van der Waals surface area contributed by atoms with Gasteiger partial charge in [0.15, 0.2) is 5.96 Å². The summed E-state index contributed by atoms with van der Waals surface area (Å²) in [6.07, 6.45) is 0. The van der Waals surface area contributed by atoms with Crippen LogP contribution in [-0.2, 0) is 20.1 Å². The van der Waals surface area contributed by atoms with Gasteiger partial charge in [0.2, 0.25) is 0 Å². The fraction of sp³-hybridized carbons (Fsp3) is 0.412. The molecule has 1 aromatic carbocycles. The number of nitrogens with one attached hydrogen (secondary N) is 2. The average molecular weight is 315 g/mol. The SMILES string of the molecule is CN=C(NCc1cccc(OC)c1)NCc1c(C)nn(C)c1C. The number of methoxy groups -OCH3 is 1. The molecule has 2 N–H and O–H groups in total. The molecular formula is C17H25N5O. The molecule has 0 saturated carbocycles. The van der Waals surface area contributed by atoms with E-state index in [1.807, 2.05) is 36.9 Å². The van der Waals surface area contributed by atoms with Crippen LogP contribution in [0.15, 0.2) is 29.3 Å². The zero-order valence-electron chi connectivity index (χ0n) is 14.5. The Morgan fingerprint density at radius 1 is 1.26 bits per heavy atom. The first-order valence-corrected chi connectivity index (χ1v) is 7.61. The van der Waals surface area contributed by atoms with Crippen molar-refractivity contribution in [2.24, 2.45) is 12.0 Å². The quantitative estimate of drug-likeness (QED) is 0.653. The third-order valence-corrected chi connectivity index (χ3v) is 3.91. The van der Waals surface area contributed by atoms with Crippen LogP contribution < -0.4 is 15.4 Å². The average Bonchev–Trinajstić information content (AvgIpc) is 2.80. The van der Waals surface area contributed by atoms with Crippen LogP contribution in [0.1, 0.15) is 22.5 Å². The van der Waals surface area contributed by atoms with Crippen molar-refractivity contribution in [1.29, 1.82) is 0 Å². The van der Waals surface area contributed by atoms with Gasteiger partial charge in [0, 0.05) is 38.4 Å². The van der Waals surface area contributed by atoms with Gasteiger partial charge in [0.05, 0.1) is 12.8 Å². The van der Waals surface area contributed by atoms with E-state index in [0.29, 0.717) is 13.1 Å². The number of nitrogens with zero attached hydrogens (tertiary/aromatic N) is 3. The van der Waals surface area contributed by atoms with Gasteiger partial charge in [-0.15, -0.1) is 0 Å². The second-order valence-electron chi connectivity index (χ2n) is 5.40. The van der Waals surface area contributed by atoms with E-state index in [2.05, 4.69) is 33.7 Å². The molecule has 1 heterocycles. The van der Waals surface area contributed by atoms with Gasteiger partial charge in [-0.05, 0) is 31.5 Å². The van der Waals surface area contributed by atoms with Crippen LogP contribution >= 0.6 is 0 Å². The molecule has 2 rings (SSSR count). The van der Waals surface area contributed by atoms with Crippen molar-refractivity contribution in [3.63, 3.8) is 0 Å². The molecule has 0 atom stereocenters. The van der Waals surface area contributed by atoms with Crippen LogP contribution in [-0.4, -0.2) is 29.9 Å². The molecule has 6 heteroatoms. The lowest BCUT2D eigenvalue weighted by atomic mass is 10.2. The lowest BCUT2D eigenvalue weighted by molar-refractivity contribution is 0.414. The number of rotatable bonds is 5. The van der Waals surface area contributed by atoms with Crippen LogP contribution in [0.3, 0.4) is 0 Å². The predicted molar refractivity (Wildman–Crippen MR) is 92.7 cm³/mol. The molecule has 0 unspecified atom stereocenters. The van der Waals surface area contributed by atoms with Gasteiger partial charge in [-0.3, -0.25) is 9.67 Å². The highest BCUT2D eigenvalue weighted by molar-refractivity contribution is 5.79. The van der Waals surface area contributed by atoms with Gasteiger partial charge in [-0.1, -0.05) is 12.1 Å². The number of hydrogen-bond acceptors (Lipinski definition) is 3. The zero-order chi connectivity index (χ0) is 16.8. The lowest BCUT2D eigenvalue weighted by Crippen LogP contribution is -2.36. The number of aryl methyl sites for hydroxylation is 2. The number of ether oxygens (including phenoxy) is 1. The van der Waals surface area contributed by atoms with Crippen LogP contribution in [0.5, 0.6) is 5.75 Å². The summed E-state index contributed by atoms with van der Waals surface area (Å²) in [5.41, 5.74) is 4.55. The molecule has 0 saturated heterocycles. The fourth-order valence-corrected chi connectivity index (χ4v) is 2.43. The normalized spacial score (nSPS) is 11.4. The van der Waals surface area contributed by atoms with Gasteiger partial charge >= 0.3 is 0 Å². The summed E-state index contributed by atoms with van der Waals surface area (Å²) in [6.45, 7) is 5.48. The minimum absolute atomic E-state index is 0.682. The first-order chi connectivity index (χ1) is 11.0. The van der Waals surface area contributed by atoms with E-state index in [9.17, 15) is 0 Å². The Morgan fingerprint density at radius 3 is 2.61 bits per heavy atom. The molecule has 0 aliphatic rings. The molecule has 6 nitrogen and oxygen atoms in total. The highest BCUT2D eigenvalue weighted by Gasteiger charge is 2.09. The van der Waals surface area contributed by atoms with E-state index in [-0.39, 0.29) is 0 Å². The van der Waals surface area contributed by atoms with E-state index in [1.165, 1.54) is 11.3 Å². The molecule has 2 aromatic rings. The first kappa shape index (κ1) is 16.9. The van der Waals surface area contributed by atoms with Crippen molar-refractivity contribution in [2.75, 3.05) is 14.2 Å². The summed E-state index contributed by atoms with van der Waals surface area (Å²) in [5.74, 6) is 1.62. The predicted octanol–water partition coefficient (Wildman–Crippen LogP) is 1.91. The van der Waals surface area contributed by atoms with E-state index in [4.69, 9.17) is 4.74 Å². The number of hydrogen-bond donors (Lipinski definition) is 2. The summed E-state index contributed by atoms with van der Waals surface area (Å²) < 4.78 is 7.14. The molecule has 124 valence electrons. The standard InChI is InChI=1S/C17H25N5O/c1-12-16(13(2)22(4)21-12)11-20-17(18-3)19-10-14-7-6-8-15(9-14)23-5/h6-9H,10-11H2,1-5H3,(H2,18,19,20). The number of aliphatic imine (C=N–C) groups is 1. The zero-order valence-corrected chi connectivity index (χ0v) is 14.5. The highest BCUT2D eigenvalue weighted by Crippen LogP contribution is 2.12. The number of benzene rings is 1. The maximum absolute atomic E-state index is 5.24. The fourth-order valence-electron chi connectivity index (χ4n) is 2.43. The largest absolute Gasteiger partial charge is 0.497 e. The van der Waals surface area contributed by atoms with Crippen molar-refractivity contribution >= 4 is 5.96 Å². The molecule has 0 radical (unpaired) electrons. The molecule has 0 aliphatic carbocycles. The van der Waals surface area contributed by atoms with Gasteiger partial charge < -0.3 is 15.4 Å². The van der Waals surface area contributed by atoms with Crippen LogP contribution in [0, 0.1) is 13.8 Å². The third kappa shape index (κ3) is 4.25. The first-order valence-electron chi connectivity index (χ1n) is 7.61. The summed E-state index contributed by atoms with van der Waals surface area (Å²) in [4.78, 5) is 4.26. The summed E-state index contributed by atoms with van der Waals surface area (Å²) in [6, 6.07) is 7.98. The molecule has 0 fully saturated rings. The monoisotopic (exact) mass is 315 g/mol. The Bertz CT molecular complexity index is 690. The lowest BCUT2D eigenvalue weighted by Gasteiger charge is -2.12. The van der Waals surface area contributed by atoms with E-state index >= 15 is 0 Å². The second kappa shape index (κ2) is 7.67. The van der Waals surface area contributed by atoms with E-state index in [1.54, 1.807) is 14.2 Å². The van der Waals surface area contributed by atoms with Gasteiger partial charge in [-0.2, -0.15) is 5.10 Å². The van der Waals surface area contributed by atoms with Gasteiger partial charge in [0.1, 0.15) is 5.75 Å². The van der Waals surface area contributed by atoms with Crippen molar-refractivity contribution < 1.29 is 4.74 Å². The third-order valence-electron chi connectivity index (χ3n) is 3.91. The van der Waals surface area contributed by atoms with Crippen LogP contribution in [0.25, 0.3) is 0 Å². The van der Waals surface area contributed by atoms with Crippen molar-refractivity contribution in [2.45, 2.75) is 26.9 Å². The number of aromatic nitrogens is 2. The van der Waals surface area contributed by atoms with E-state index < -0.39 is 0 Å². The topological polar surface area (TPSA) is 63.5 Å². The molecule has 0 bridgehead atoms. The summed E-state index contributed by atoms with van der Waals surface area (Å²) in [5, 5.41) is 11.1. The Kier molecular flexibility index (Phi) is 5.62. The second-order valence-corrected chi connectivity index (χ2v) is 5.40. The summed E-state index contributed by atoms with van der Waals surface area (Å²) in [7, 11) is 5.40.